The van der Waals surface area contributed by atoms with Crippen LogP contribution < -0.4 is 10.2 Å². The summed E-state index contributed by atoms with van der Waals surface area (Å²) in [6.45, 7) is 7.03. The Morgan fingerprint density at radius 1 is 1.36 bits per heavy atom. The lowest BCUT2D eigenvalue weighted by molar-refractivity contribution is 0.268. The number of pyridine rings is 1. The zero-order valence-corrected chi connectivity index (χ0v) is 18.2. The van der Waals surface area contributed by atoms with E-state index >= 15 is 0 Å². The molecular weight excluding hydrogens is 390 g/mol. The highest BCUT2D eigenvalue weighted by Gasteiger charge is 2.40. The Hall–Kier alpha value is -1.47. The SMILES string of the molecule is CC(C)COc1c[nH]c(CSc2ncnc3c2C2CCC(C)CC2S3)cc1=O. The number of nitrogens with zero attached hydrogens (tertiary/aromatic N) is 2. The van der Waals surface area contributed by atoms with Gasteiger partial charge in [0.2, 0.25) is 5.43 Å². The Labute approximate surface area is 174 Å². The van der Waals surface area contributed by atoms with Crippen LogP contribution in [0.2, 0.25) is 0 Å². The highest BCUT2D eigenvalue weighted by atomic mass is 32.2. The summed E-state index contributed by atoms with van der Waals surface area (Å²) < 4.78 is 5.57. The van der Waals surface area contributed by atoms with Crippen LogP contribution in [0.25, 0.3) is 0 Å². The van der Waals surface area contributed by atoms with E-state index in [1.807, 2.05) is 11.8 Å². The summed E-state index contributed by atoms with van der Waals surface area (Å²) in [5.41, 5.74) is 2.16. The average molecular weight is 418 g/mol. The molecule has 1 N–H and O–H groups in total. The number of aromatic amines is 1. The van der Waals surface area contributed by atoms with Crippen LogP contribution in [0.15, 0.2) is 33.4 Å². The van der Waals surface area contributed by atoms with Crippen LogP contribution >= 0.6 is 23.5 Å². The molecule has 1 aliphatic carbocycles. The van der Waals surface area contributed by atoms with E-state index in [9.17, 15) is 4.79 Å². The lowest BCUT2D eigenvalue weighted by Crippen LogP contribution is -2.21. The molecule has 5 nitrogen and oxygen atoms in total. The summed E-state index contributed by atoms with van der Waals surface area (Å²) in [6, 6.07) is 1.64. The van der Waals surface area contributed by atoms with E-state index in [4.69, 9.17) is 4.74 Å². The van der Waals surface area contributed by atoms with Crippen molar-refractivity contribution in [3.8, 4) is 5.75 Å². The first-order valence-corrected chi connectivity index (χ1v) is 11.9. The maximum Gasteiger partial charge on any atom is 0.223 e. The molecule has 2 aliphatic rings. The smallest absolute Gasteiger partial charge is 0.223 e. The molecule has 2 aromatic heterocycles. The van der Waals surface area contributed by atoms with Gasteiger partial charge in [0.15, 0.2) is 5.75 Å². The summed E-state index contributed by atoms with van der Waals surface area (Å²) in [4.78, 5) is 24.6. The van der Waals surface area contributed by atoms with Crippen LogP contribution in [-0.4, -0.2) is 26.8 Å². The number of fused-ring (bicyclic) bond motifs is 3. The van der Waals surface area contributed by atoms with Crippen molar-refractivity contribution in [3.63, 3.8) is 0 Å². The summed E-state index contributed by atoms with van der Waals surface area (Å²) >= 11 is 3.63. The lowest BCUT2D eigenvalue weighted by Gasteiger charge is -2.29. The second-order valence-corrected chi connectivity index (χ2v) is 10.5. The molecule has 0 aromatic carbocycles. The number of thioether (sulfide) groups is 2. The fraction of sp³-hybridized carbons (Fsp3) is 0.571. The first-order valence-electron chi connectivity index (χ1n) is 10.00. The normalized spacial score (nSPS) is 23.5. The van der Waals surface area contributed by atoms with Gasteiger partial charge < -0.3 is 9.72 Å². The molecule has 150 valence electrons. The monoisotopic (exact) mass is 417 g/mol. The molecule has 2 aromatic rings. The van der Waals surface area contributed by atoms with Gasteiger partial charge in [-0.3, -0.25) is 4.79 Å². The number of hydrogen-bond acceptors (Lipinski definition) is 6. The fourth-order valence-corrected chi connectivity index (χ4v) is 6.60. The molecule has 1 fully saturated rings. The Kier molecular flexibility index (Phi) is 6.01. The van der Waals surface area contributed by atoms with Crippen LogP contribution in [0.5, 0.6) is 5.75 Å². The Balaban J connectivity index is 1.46. The van der Waals surface area contributed by atoms with E-state index in [1.54, 1.807) is 30.4 Å². The van der Waals surface area contributed by atoms with Crippen LogP contribution in [0.4, 0.5) is 0 Å². The van der Waals surface area contributed by atoms with Crippen LogP contribution in [0.1, 0.15) is 57.2 Å². The topological polar surface area (TPSA) is 67.9 Å². The summed E-state index contributed by atoms with van der Waals surface area (Å²) in [5, 5.41) is 2.88. The van der Waals surface area contributed by atoms with E-state index in [-0.39, 0.29) is 5.43 Å². The number of aromatic nitrogens is 3. The summed E-state index contributed by atoms with van der Waals surface area (Å²) in [6.07, 6.45) is 7.14. The van der Waals surface area contributed by atoms with E-state index in [1.165, 1.54) is 24.8 Å². The fourth-order valence-electron chi connectivity index (χ4n) is 3.92. The highest BCUT2D eigenvalue weighted by Crippen LogP contribution is 2.54. The van der Waals surface area contributed by atoms with Crippen molar-refractivity contribution in [2.24, 2.45) is 11.8 Å². The molecule has 28 heavy (non-hydrogen) atoms. The molecule has 3 atom stereocenters. The van der Waals surface area contributed by atoms with E-state index in [0.29, 0.717) is 35.2 Å². The predicted molar refractivity (Wildman–Crippen MR) is 114 cm³/mol. The third-order valence-electron chi connectivity index (χ3n) is 5.37. The Bertz CT molecular complexity index is 899. The molecule has 4 rings (SSSR count). The van der Waals surface area contributed by atoms with Gasteiger partial charge in [0.05, 0.1) is 6.61 Å². The quantitative estimate of drug-likeness (QED) is 0.534. The lowest BCUT2D eigenvalue weighted by atomic mass is 9.80. The van der Waals surface area contributed by atoms with Gasteiger partial charge in [-0.15, -0.1) is 11.8 Å². The third-order valence-corrected chi connectivity index (χ3v) is 7.80. The van der Waals surface area contributed by atoms with Crippen molar-refractivity contribution in [2.45, 2.75) is 67.0 Å². The van der Waals surface area contributed by atoms with E-state index in [2.05, 4.69) is 35.7 Å². The number of hydrogen-bond donors (Lipinski definition) is 1. The van der Waals surface area contributed by atoms with Crippen LogP contribution in [-0.2, 0) is 5.75 Å². The van der Waals surface area contributed by atoms with Gasteiger partial charge in [0.1, 0.15) is 16.4 Å². The van der Waals surface area contributed by atoms with Gasteiger partial charge in [-0.05, 0) is 24.7 Å². The molecule has 0 bridgehead atoms. The minimum atomic E-state index is -0.0696. The Morgan fingerprint density at radius 3 is 3.00 bits per heavy atom. The molecular formula is C21H27N3O2S2. The molecule has 3 unspecified atom stereocenters. The van der Waals surface area contributed by atoms with Crippen molar-refractivity contribution in [1.82, 2.24) is 15.0 Å². The van der Waals surface area contributed by atoms with Gasteiger partial charge in [-0.1, -0.05) is 39.0 Å². The molecule has 1 aliphatic heterocycles. The third kappa shape index (κ3) is 4.25. The largest absolute Gasteiger partial charge is 0.488 e. The Morgan fingerprint density at radius 2 is 2.21 bits per heavy atom. The molecule has 1 saturated carbocycles. The zero-order chi connectivity index (χ0) is 19.7. The van der Waals surface area contributed by atoms with Gasteiger partial charge in [-0.2, -0.15) is 0 Å². The first-order chi connectivity index (χ1) is 13.5. The van der Waals surface area contributed by atoms with Crippen molar-refractivity contribution in [1.29, 1.82) is 0 Å². The number of H-pyrrole nitrogens is 1. The zero-order valence-electron chi connectivity index (χ0n) is 16.6. The maximum atomic E-state index is 12.3. The standard InChI is InChI=1S/C21H27N3O2S2/c1-12(2)9-26-17-8-22-14(7-16(17)25)10-27-20-19-15-5-4-13(3)6-18(15)28-21(19)24-11-23-20/h7-8,11-13,15,18H,4-6,9-10H2,1-3H3,(H,22,25). The van der Waals surface area contributed by atoms with Crippen molar-refractivity contribution < 1.29 is 4.74 Å². The molecule has 0 spiro atoms. The van der Waals surface area contributed by atoms with Crippen LogP contribution in [0.3, 0.4) is 0 Å². The average Bonchev–Trinajstić information content (AvgIpc) is 3.03. The van der Waals surface area contributed by atoms with Gasteiger partial charge in [0, 0.05) is 40.4 Å². The predicted octanol–water partition coefficient (Wildman–Crippen LogP) is 4.87. The number of ether oxygens (including phenoxy) is 1. The number of rotatable bonds is 6. The van der Waals surface area contributed by atoms with Crippen molar-refractivity contribution in [3.05, 3.63) is 40.1 Å². The molecule has 0 radical (unpaired) electrons. The van der Waals surface area contributed by atoms with E-state index < -0.39 is 0 Å². The molecule has 0 saturated heterocycles. The molecule has 3 heterocycles. The minimum Gasteiger partial charge on any atom is -0.488 e. The maximum absolute atomic E-state index is 12.3. The number of nitrogens with one attached hydrogen (secondary N) is 1. The second kappa shape index (κ2) is 8.49. The van der Waals surface area contributed by atoms with Crippen LogP contribution in [0, 0.1) is 11.8 Å². The second-order valence-electron chi connectivity index (χ2n) is 8.26. The summed E-state index contributed by atoms with van der Waals surface area (Å²) in [5.74, 6) is 2.83. The highest BCUT2D eigenvalue weighted by molar-refractivity contribution is 8.00. The summed E-state index contributed by atoms with van der Waals surface area (Å²) in [7, 11) is 0. The molecule has 0 amide bonds. The van der Waals surface area contributed by atoms with Crippen molar-refractivity contribution >= 4 is 23.5 Å². The van der Waals surface area contributed by atoms with Crippen molar-refractivity contribution in [2.75, 3.05) is 6.61 Å². The molecule has 7 heteroatoms. The van der Waals surface area contributed by atoms with Gasteiger partial charge >= 0.3 is 0 Å². The van der Waals surface area contributed by atoms with E-state index in [0.717, 1.165) is 21.7 Å². The van der Waals surface area contributed by atoms with Gasteiger partial charge in [0.25, 0.3) is 0 Å². The van der Waals surface area contributed by atoms with Gasteiger partial charge in [-0.25, -0.2) is 9.97 Å². The first kappa shape index (κ1) is 19.8. The minimum absolute atomic E-state index is 0.0696.